The van der Waals surface area contributed by atoms with Crippen LogP contribution >= 0.6 is 7.60 Å². The van der Waals surface area contributed by atoms with Crippen molar-refractivity contribution in [2.24, 2.45) is 0 Å². The molecular formula is C16H25O6P. The van der Waals surface area contributed by atoms with E-state index in [4.69, 9.17) is 18.9 Å². The molecule has 0 aliphatic rings. The van der Waals surface area contributed by atoms with Gasteiger partial charge < -0.3 is 18.9 Å². The summed E-state index contributed by atoms with van der Waals surface area (Å²) in [6.07, 6.45) is 1.16. The Morgan fingerprint density at radius 1 is 1.13 bits per heavy atom. The summed E-state index contributed by atoms with van der Waals surface area (Å²) in [5.74, 6) is 0.420. The third kappa shape index (κ3) is 5.43. The molecule has 130 valence electrons. The number of aliphatic hydroxyl groups is 1. The highest BCUT2D eigenvalue weighted by molar-refractivity contribution is 7.54. The molecular weight excluding hydrogens is 319 g/mol. The second-order valence-corrected chi connectivity index (χ2v) is 7.47. The summed E-state index contributed by atoms with van der Waals surface area (Å²) in [5.41, 5.74) is 2.14. The van der Waals surface area contributed by atoms with Crippen molar-refractivity contribution in [2.75, 3.05) is 33.6 Å². The minimum atomic E-state index is -3.38. The molecule has 0 radical (unpaired) electrons. The number of aliphatic hydroxyl groups excluding tert-OH is 1. The summed E-state index contributed by atoms with van der Waals surface area (Å²) < 4.78 is 27.4. The van der Waals surface area contributed by atoms with Crippen molar-refractivity contribution >= 4 is 13.4 Å². The quantitative estimate of drug-likeness (QED) is 0.399. The van der Waals surface area contributed by atoms with E-state index in [-0.39, 0.29) is 18.6 Å². The second kappa shape index (κ2) is 9.18. The lowest BCUT2D eigenvalue weighted by Crippen LogP contribution is -2.11. The van der Waals surface area contributed by atoms with E-state index >= 15 is 0 Å². The van der Waals surface area contributed by atoms with Crippen molar-refractivity contribution in [2.45, 2.75) is 26.7 Å². The lowest BCUT2D eigenvalue weighted by atomic mass is 10.00. The van der Waals surface area contributed by atoms with Crippen molar-refractivity contribution in [3.8, 4) is 5.75 Å². The Bertz CT molecular complexity index is 576. The first-order valence-electron chi connectivity index (χ1n) is 7.46. The van der Waals surface area contributed by atoms with Gasteiger partial charge >= 0.3 is 7.60 Å². The average Bonchev–Trinajstić information content (AvgIpc) is 2.55. The van der Waals surface area contributed by atoms with Crippen LogP contribution in [0.15, 0.2) is 12.1 Å². The minimum absolute atomic E-state index is 0.147. The molecule has 0 aromatic heterocycles. The van der Waals surface area contributed by atoms with Gasteiger partial charge in [0.1, 0.15) is 11.9 Å². The summed E-state index contributed by atoms with van der Waals surface area (Å²) in [6.45, 7) is 4.36. The zero-order chi connectivity index (χ0) is 17.5. The van der Waals surface area contributed by atoms with E-state index in [0.717, 1.165) is 17.5 Å². The number of carbonyl (C=O) groups excluding carboxylic acids is 1. The Kier molecular flexibility index (Phi) is 7.92. The predicted molar refractivity (Wildman–Crippen MR) is 88.6 cm³/mol. The molecule has 0 unspecified atom stereocenters. The van der Waals surface area contributed by atoms with E-state index in [2.05, 4.69) is 0 Å². The summed E-state index contributed by atoms with van der Waals surface area (Å²) in [7, 11) is -0.854. The van der Waals surface area contributed by atoms with E-state index in [1.165, 1.54) is 14.2 Å². The smallest absolute Gasteiger partial charge is 0.337 e. The van der Waals surface area contributed by atoms with Gasteiger partial charge in [0.15, 0.2) is 5.78 Å². The Morgan fingerprint density at radius 2 is 1.78 bits per heavy atom. The van der Waals surface area contributed by atoms with Gasteiger partial charge in [-0.05, 0) is 49.9 Å². The standard InChI is InChI=1S/C16H25O6P/c1-12-13(2)16(22-10-6-5-9-17)8-7-14(12)15(18)11-23(19,20-3)21-4/h7-8,17H,5-6,9-11H2,1-4H3. The number of benzene rings is 1. The van der Waals surface area contributed by atoms with Crippen LogP contribution in [0.1, 0.15) is 34.3 Å². The summed E-state index contributed by atoms with van der Waals surface area (Å²) in [4.78, 5) is 12.4. The first-order chi connectivity index (χ1) is 10.9. The van der Waals surface area contributed by atoms with Gasteiger partial charge in [0, 0.05) is 26.4 Å². The Hall–Kier alpha value is -1.20. The lowest BCUT2D eigenvalue weighted by Gasteiger charge is -2.16. The van der Waals surface area contributed by atoms with E-state index in [1.807, 2.05) is 13.8 Å². The van der Waals surface area contributed by atoms with Gasteiger partial charge in [-0.25, -0.2) is 0 Å². The van der Waals surface area contributed by atoms with Gasteiger partial charge in [-0.2, -0.15) is 0 Å². The van der Waals surface area contributed by atoms with Crippen LogP contribution in [0.2, 0.25) is 0 Å². The van der Waals surface area contributed by atoms with E-state index in [1.54, 1.807) is 12.1 Å². The number of Topliss-reactive ketones (excluding diaryl/α,β-unsaturated/α-hetero) is 1. The number of unbranched alkanes of at least 4 members (excludes halogenated alkanes) is 1. The van der Waals surface area contributed by atoms with Gasteiger partial charge in [0.25, 0.3) is 0 Å². The number of rotatable bonds is 10. The van der Waals surface area contributed by atoms with Crippen LogP contribution in [-0.2, 0) is 13.6 Å². The van der Waals surface area contributed by atoms with Gasteiger partial charge in [-0.3, -0.25) is 9.36 Å². The first kappa shape index (κ1) is 19.8. The Balaban J connectivity index is 2.88. The van der Waals surface area contributed by atoms with Crippen molar-refractivity contribution in [1.82, 2.24) is 0 Å². The molecule has 1 N–H and O–H groups in total. The number of ketones is 1. The highest BCUT2D eigenvalue weighted by Crippen LogP contribution is 2.46. The fraction of sp³-hybridized carbons (Fsp3) is 0.562. The van der Waals surface area contributed by atoms with E-state index in [0.29, 0.717) is 24.3 Å². The van der Waals surface area contributed by atoms with Crippen molar-refractivity contribution in [1.29, 1.82) is 0 Å². The zero-order valence-corrected chi connectivity index (χ0v) is 15.0. The van der Waals surface area contributed by atoms with Crippen LogP contribution in [0.25, 0.3) is 0 Å². The molecule has 1 aromatic carbocycles. The topological polar surface area (TPSA) is 82.1 Å². The lowest BCUT2D eigenvalue weighted by molar-refractivity contribution is 0.101. The maximum atomic E-state index is 12.4. The summed E-state index contributed by atoms with van der Waals surface area (Å²) >= 11 is 0. The van der Waals surface area contributed by atoms with Crippen LogP contribution in [0.4, 0.5) is 0 Å². The number of hydrogen-bond donors (Lipinski definition) is 1. The highest BCUT2D eigenvalue weighted by Gasteiger charge is 2.27. The van der Waals surface area contributed by atoms with Crippen LogP contribution in [0.5, 0.6) is 5.75 Å². The van der Waals surface area contributed by atoms with Crippen LogP contribution in [-0.4, -0.2) is 44.5 Å². The number of carbonyl (C=O) groups is 1. The third-order valence-corrected chi connectivity index (χ3v) is 5.53. The van der Waals surface area contributed by atoms with E-state index in [9.17, 15) is 9.36 Å². The molecule has 0 spiro atoms. The molecule has 0 saturated heterocycles. The molecule has 0 aliphatic heterocycles. The van der Waals surface area contributed by atoms with Crippen LogP contribution < -0.4 is 4.74 Å². The first-order valence-corrected chi connectivity index (χ1v) is 9.19. The Morgan fingerprint density at radius 3 is 2.35 bits per heavy atom. The molecule has 0 atom stereocenters. The maximum Gasteiger partial charge on any atom is 0.337 e. The van der Waals surface area contributed by atoms with Crippen molar-refractivity contribution in [3.63, 3.8) is 0 Å². The molecule has 1 rings (SSSR count). The average molecular weight is 344 g/mol. The maximum absolute atomic E-state index is 12.4. The second-order valence-electron chi connectivity index (χ2n) is 5.20. The molecule has 0 fully saturated rings. The molecule has 7 heteroatoms. The van der Waals surface area contributed by atoms with Crippen molar-refractivity contribution in [3.05, 3.63) is 28.8 Å². The Labute approximate surface area is 137 Å². The SMILES string of the molecule is COP(=O)(CC(=O)c1ccc(OCCCCO)c(C)c1C)OC. The van der Waals surface area contributed by atoms with Gasteiger partial charge in [0.05, 0.1) is 6.61 Å². The number of ether oxygens (including phenoxy) is 1. The monoisotopic (exact) mass is 344 g/mol. The normalized spacial score (nSPS) is 11.5. The van der Waals surface area contributed by atoms with Gasteiger partial charge in [-0.1, -0.05) is 0 Å². The molecule has 0 heterocycles. The minimum Gasteiger partial charge on any atom is -0.493 e. The molecule has 0 amide bonds. The summed E-state index contributed by atoms with van der Waals surface area (Å²) in [5, 5.41) is 8.76. The van der Waals surface area contributed by atoms with Crippen LogP contribution in [0, 0.1) is 13.8 Å². The largest absolute Gasteiger partial charge is 0.493 e. The fourth-order valence-corrected chi connectivity index (χ4v) is 3.04. The highest BCUT2D eigenvalue weighted by atomic mass is 31.2. The number of hydrogen-bond acceptors (Lipinski definition) is 6. The summed E-state index contributed by atoms with van der Waals surface area (Å²) in [6, 6.07) is 3.40. The molecule has 0 bridgehead atoms. The third-order valence-electron chi connectivity index (χ3n) is 3.74. The van der Waals surface area contributed by atoms with Gasteiger partial charge in [0.2, 0.25) is 0 Å². The molecule has 6 nitrogen and oxygen atoms in total. The predicted octanol–water partition coefficient (Wildman–Crippen LogP) is 3.12. The molecule has 0 saturated carbocycles. The van der Waals surface area contributed by atoms with Gasteiger partial charge in [-0.15, -0.1) is 0 Å². The fourth-order valence-electron chi connectivity index (χ4n) is 2.11. The molecule has 1 aromatic rings. The molecule has 0 aliphatic carbocycles. The van der Waals surface area contributed by atoms with E-state index < -0.39 is 7.60 Å². The van der Waals surface area contributed by atoms with Crippen molar-refractivity contribution < 1.29 is 28.3 Å². The molecule has 23 heavy (non-hydrogen) atoms. The zero-order valence-electron chi connectivity index (χ0n) is 14.1. The van der Waals surface area contributed by atoms with Crippen LogP contribution in [0.3, 0.4) is 0 Å².